The molecule has 1 heterocycles. The van der Waals surface area contributed by atoms with Crippen LogP contribution in [0.1, 0.15) is 12.6 Å². The van der Waals surface area contributed by atoms with Crippen LogP contribution >= 0.6 is 0 Å². The zero-order valence-corrected chi connectivity index (χ0v) is 12.3. The average Bonchev–Trinajstić information content (AvgIpc) is 2.84. The van der Waals surface area contributed by atoms with Crippen LogP contribution in [0.4, 0.5) is 5.69 Å². The summed E-state index contributed by atoms with van der Waals surface area (Å²) in [6, 6.07) is 16.3. The first-order chi connectivity index (χ1) is 10.3. The predicted molar refractivity (Wildman–Crippen MR) is 85.7 cm³/mol. The molecule has 0 bridgehead atoms. The minimum Gasteiger partial charge on any atom is -0.494 e. The summed E-state index contributed by atoms with van der Waals surface area (Å²) in [5, 5.41) is 9.18. The summed E-state index contributed by atoms with van der Waals surface area (Å²) in [5.74, 6) is 0.895. The molecule has 21 heavy (non-hydrogen) atoms. The van der Waals surface area contributed by atoms with Crippen molar-refractivity contribution in [2.24, 2.45) is 7.05 Å². The number of benzene rings is 2. The number of nitrogens with zero attached hydrogens (tertiary/aromatic N) is 2. The SMILES string of the molecule is CCOc1ccc(NCc2nn(C)c3ccccc23)cc1. The molecule has 0 aliphatic heterocycles. The molecular formula is C17H19N3O. The highest BCUT2D eigenvalue weighted by atomic mass is 16.5. The second-order valence-corrected chi connectivity index (χ2v) is 4.90. The lowest BCUT2D eigenvalue weighted by Gasteiger charge is -2.07. The zero-order valence-electron chi connectivity index (χ0n) is 12.3. The first-order valence-electron chi connectivity index (χ1n) is 7.15. The molecule has 108 valence electrons. The van der Waals surface area contributed by atoms with Crippen LogP contribution in [0.3, 0.4) is 0 Å². The lowest BCUT2D eigenvalue weighted by molar-refractivity contribution is 0.340. The van der Waals surface area contributed by atoms with E-state index in [0.717, 1.165) is 22.6 Å². The minimum absolute atomic E-state index is 0.687. The van der Waals surface area contributed by atoms with Crippen molar-refractivity contribution >= 4 is 16.6 Å². The molecule has 0 aliphatic carbocycles. The third-order valence-electron chi connectivity index (χ3n) is 3.46. The number of hydrogen-bond acceptors (Lipinski definition) is 3. The molecule has 4 nitrogen and oxygen atoms in total. The van der Waals surface area contributed by atoms with Gasteiger partial charge in [-0.3, -0.25) is 4.68 Å². The standard InChI is InChI=1S/C17H19N3O/c1-3-21-14-10-8-13(9-11-14)18-12-16-15-6-4-5-7-17(15)20(2)19-16/h4-11,18H,3,12H2,1-2H3. The van der Waals surface area contributed by atoms with Crippen LogP contribution in [-0.4, -0.2) is 16.4 Å². The van der Waals surface area contributed by atoms with E-state index in [1.807, 2.05) is 55.1 Å². The molecule has 0 saturated carbocycles. The fourth-order valence-corrected chi connectivity index (χ4v) is 2.44. The van der Waals surface area contributed by atoms with Gasteiger partial charge in [0.05, 0.1) is 24.4 Å². The molecule has 0 radical (unpaired) electrons. The van der Waals surface area contributed by atoms with Gasteiger partial charge in [0.15, 0.2) is 0 Å². The van der Waals surface area contributed by atoms with E-state index in [-0.39, 0.29) is 0 Å². The van der Waals surface area contributed by atoms with Gasteiger partial charge >= 0.3 is 0 Å². The number of ether oxygens (including phenoxy) is 1. The average molecular weight is 281 g/mol. The Kier molecular flexibility index (Phi) is 3.77. The molecule has 1 N–H and O–H groups in total. The maximum absolute atomic E-state index is 5.44. The third kappa shape index (κ3) is 2.84. The molecule has 0 fully saturated rings. The summed E-state index contributed by atoms with van der Waals surface area (Å²) in [6.07, 6.45) is 0. The summed E-state index contributed by atoms with van der Waals surface area (Å²) >= 11 is 0. The molecule has 0 spiro atoms. The van der Waals surface area contributed by atoms with E-state index in [0.29, 0.717) is 13.2 Å². The molecule has 3 aromatic rings. The van der Waals surface area contributed by atoms with Gasteiger partial charge in [0, 0.05) is 18.1 Å². The van der Waals surface area contributed by atoms with E-state index < -0.39 is 0 Å². The van der Waals surface area contributed by atoms with Gasteiger partial charge in [0.25, 0.3) is 0 Å². The van der Waals surface area contributed by atoms with Gasteiger partial charge in [0.1, 0.15) is 5.75 Å². The van der Waals surface area contributed by atoms with Crippen molar-refractivity contribution in [3.05, 3.63) is 54.2 Å². The van der Waals surface area contributed by atoms with Crippen LogP contribution in [0.15, 0.2) is 48.5 Å². The zero-order chi connectivity index (χ0) is 14.7. The fourth-order valence-electron chi connectivity index (χ4n) is 2.44. The number of hydrogen-bond donors (Lipinski definition) is 1. The summed E-state index contributed by atoms with van der Waals surface area (Å²) in [5.41, 5.74) is 3.27. The number of aromatic nitrogens is 2. The number of nitrogens with one attached hydrogen (secondary N) is 1. The fraction of sp³-hybridized carbons (Fsp3) is 0.235. The van der Waals surface area contributed by atoms with Crippen molar-refractivity contribution in [3.8, 4) is 5.75 Å². The van der Waals surface area contributed by atoms with E-state index in [1.165, 1.54) is 5.39 Å². The van der Waals surface area contributed by atoms with Crippen molar-refractivity contribution in [2.75, 3.05) is 11.9 Å². The first kappa shape index (κ1) is 13.5. The van der Waals surface area contributed by atoms with Crippen molar-refractivity contribution in [2.45, 2.75) is 13.5 Å². The maximum atomic E-state index is 5.44. The molecule has 2 aromatic carbocycles. The Bertz CT molecular complexity index is 731. The second-order valence-electron chi connectivity index (χ2n) is 4.90. The maximum Gasteiger partial charge on any atom is 0.119 e. The van der Waals surface area contributed by atoms with Gasteiger partial charge in [-0.2, -0.15) is 5.10 Å². The quantitative estimate of drug-likeness (QED) is 0.777. The van der Waals surface area contributed by atoms with Gasteiger partial charge in [-0.15, -0.1) is 0 Å². The van der Waals surface area contributed by atoms with E-state index in [2.05, 4.69) is 22.5 Å². The molecule has 4 heteroatoms. The van der Waals surface area contributed by atoms with E-state index in [4.69, 9.17) is 4.74 Å². The number of para-hydroxylation sites is 1. The molecule has 0 aliphatic rings. The highest BCUT2D eigenvalue weighted by Gasteiger charge is 2.07. The molecule has 0 unspecified atom stereocenters. The minimum atomic E-state index is 0.687. The van der Waals surface area contributed by atoms with Crippen molar-refractivity contribution in [3.63, 3.8) is 0 Å². The molecule has 0 amide bonds. The van der Waals surface area contributed by atoms with Crippen molar-refractivity contribution in [1.29, 1.82) is 0 Å². The Morgan fingerprint density at radius 2 is 1.86 bits per heavy atom. The predicted octanol–water partition coefficient (Wildman–Crippen LogP) is 3.58. The van der Waals surface area contributed by atoms with E-state index in [9.17, 15) is 0 Å². The summed E-state index contributed by atoms with van der Waals surface area (Å²) in [6.45, 7) is 3.38. The van der Waals surface area contributed by atoms with Crippen molar-refractivity contribution < 1.29 is 4.74 Å². The van der Waals surface area contributed by atoms with E-state index >= 15 is 0 Å². The monoisotopic (exact) mass is 281 g/mol. The number of anilines is 1. The molecular weight excluding hydrogens is 262 g/mol. The van der Waals surface area contributed by atoms with Gasteiger partial charge in [-0.25, -0.2) is 0 Å². The van der Waals surface area contributed by atoms with Gasteiger partial charge in [-0.05, 0) is 37.3 Å². The Hall–Kier alpha value is -2.49. The lowest BCUT2D eigenvalue weighted by atomic mass is 10.2. The summed E-state index contributed by atoms with van der Waals surface area (Å²) < 4.78 is 7.36. The first-order valence-corrected chi connectivity index (χ1v) is 7.15. The molecule has 3 rings (SSSR count). The van der Waals surface area contributed by atoms with Crippen LogP contribution in [0.2, 0.25) is 0 Å². The number of rotatable bonds is 5. The normalized spacial score (nSPS) is 10.8. The Balaban J connectivity index is 1.74. The highest BCUT2D eigenvalue weighted by molar-refractivity contribution is 5.82. The van der Waals surface area contributed by atoms with E-state index in [1.54, 1.807) is 0 Å². The smallest absolute Gasteiger partial charge is 0.119 e. The number of fused-ring (bicyclic) bond motifs is 1. The van der Waals surface area contributed by atoms with Crippen LogP contribution in [-0.2, 0) is 13.6 Å². The van der Waals surface area contributed by atoms with Crippen LogP contribution in [0, 0.1) is 0 Å². The van der Waals surface area contributed by atoms with Crippen LogP contribution in [0.5, 0.6) is 5.75 Å². The molecule has 1 aromatic heterocycles. The Morgan fingerprint density at radius 3 is 2.62 bits per heavy atom. The van der Waals surface area contributed by atoms with Gasteiger partial charge in [0.2, 0.25) is 0 Å². The van der Waals surface area contributed by atoms with Crippen LogP contribution in [0.25, 0.3) is 10.9 Å². The Labute approximate surface area is 124 Å². The highest BCUT2D eigenvalue weighted by Crippen LogP contribution is 2.20. The third-order valence-corrected chi connectivity index (χ3v) is 3.46. The van der Waals surface area contributed by atoms with Crippen LogP contribution < -0.4 is 10.1 Å². The topological polar surface area (TPSA) is 39.1 Å². The number of aryl methyl sites for hydroxylation is 1. The largest absolute Gasteiger partial charge is 0.494 e. The lowest BCUT2D eigenvalue weighted by Crippen LogP contribution is -2.01. The van der Waals surface area contributed by atoms with Crippen molar-refractivity contribution in [1.82, 2.24) is 9.78 Å². The summed E-state index contributed by atoms with van der Waals surface area (Å²) in [4.78, 5) is 0. The summed E-state index contributed by atoms with van der Waals surface area (Å²) in [7, 11) is 1.97. The van der Waals surface area contributed by atoms with Gasteiger partial charge < -0.3 is 10.1 Å². The molecule has 0 saturated heterocycles. The molecule has 0 atom stereocenters. The second kappa shape index (κ2) is 5.87. The van der Waals surface area contributed by atoms with Gasteiger partial charge in [-0.1, -0.05) is 18.2 Å². The Morgan fingerprint density at radius 1 is 1.10 bits per heavy atom.